The lowest BCUT2D eigenvalue weighted by atomic mass is 9.95. The molecule has 3 rings (SSSR count). The van der Waals surface area contributed by atoms with Crippen LogP contribution in [0, 0.1) is 0 Å². The number of hydrogen-bond donors (Lipinski definition) is 1. The highest BCUT2D eigenvalue weighted by atomic mass is 35.5. The normalized spacial score (nSPS) is 21.3. The molecule has 0 saturated carbocycles. The van der Waals surface area contributed by atoms with Crippen LogP contribution in [-0.4, -0.2) is 55.7 Å². The summed E-state index contributed by atoms with van der Waals surface area (Å²) in [5.41, 5.74) is 0.400. The number of alkyl halides is 1. The van der Waals surface area contributed by atoms with E-state index in [1.165, 1.54) is 0 Å². The smallest absolute Gasteiger partial charge is 0.253 e. The van der Waals surface area contributed by atoms with Gasteiger partial charge in [-0.3, -0.25) is 4.79 Å². The van der Waals surface area contributed by atoms with Crippen molar-refractivity contribution >= 4 is 23.2 Å². The zero-order valence-corrected chi connectivity index (χ0v) is 14.2. The van der Waals surface area contributed by atoms with Crippen LogP contribution in [0.2, 0.25) is 5.02 Å². The molecule has 6 heteroatoms. The van der Waals surface area contributed by atoms with Gasteiger partial charge in [-0.1, -0.05) is 11.6 Å². The Morgan fingerprint density at radius 2 is 1.87 bits per heavy atom. The summed E-state index contributed by atoms with van der Waals surface area (Å²) >= 11 is 6.40. The van der Waals surface area contributed by atoms with E-state index in [9.17, 15) is 9.18 Å². The minimum atomic E-state index is -1.15. The molecule has 1 aromatic rings. The zero-order chi connectivity index (χ0) is 16.4. The largest absolute Gasteiger partial charge is 0.368 e. The van der Waals surface area contributed by atoms with Crippen LogP contribution in [0.5, 0.6) is 0 Å². The summed E-state index contributed by atoms with van der Waals surface area (Å²) in [6, 6.07) is 5.49. The Balaban J connectivity index is 1.71. The number of anilines is 1. The summed E-state index contributed by atoms with van der Waals surface area (Å²) in [6.07, 6.45) is 0.788. The highest BCUT2D eigenvalue weighted by Crippen LogP contribution is 2.30. The summed E-state index contributed by atoms with van der Waals surface area (Å²) in [5, 5.41) is 3.91. The molecule has 2 heterocycles. The van der Waals surface area contributed by atoms with Gasteiger partial charge < -0.3 is 15.1 Å². The Hall–Kier alpha value is -1.33. The summed E-state index contributed by atoms with van der Waals surface area (Å²) in [6.45, 7) is 6.22. The van der Waals surface area contributed by atoms with E-state index in [4.69, 9.17) is 11.6 Å². The van der Waals surface area contributed by atoms with E-state index in [1.807, 2.05) is 12.1 Å². The third-order valence-electron chi connectivity index (χ3n) is 4.75. The van der Waals surface area contributed by atoms with Crippen molar-refractivity contribution < 1.29 is 9.18 Å². The van der Waals surface area contributed by atoms with Crippen LogP contribution in [0.3, 0.4) is 0 Å². The first-order valence-electron chi connectivity index (χ1n) is 8.20. The fourth-order valence-electron chi connectivity index (χ4n) is 3.16. The average Bonchev–Trinajstić information content (AvgIpc) is 2.55. The monoisotopic (exact) mass is 339 g/mol. The molecule has 0 radical (unpaired) electrons. The number of benzene rings is 1. The van der Waals surface area contributed by atoms with Crippen molar-refractivity contribution in [2.45, 2.75) is 25.4 Å². The number of amides is 1. The third-order valence-corrected chi connectivity index (χ3v) is 5.05. The van der Waals surface area contributed by atoms with Gasteiger partial charge >= 0.3 is 0 Å². The second-order valence-corrected chi connectivity index (χ2v) is 7.02. The standard InChI is InChI=1S/C17H23ClFN3O/c1-17(19)4-8-22(9-5-17)16(23)13-2-3-15(14(18)12-13)21-10-6-20-7-11-21/h2-3,12,20H,4-11H2,1H3. The van der Waals surface area contributed by atoms with Crippen LogP contribution in [0.1, 0.15) is 30.1 Å². The van der Waals surface area contributed by atoms with E-state index >= 15 is 0 Å². The highest BCUT2D eigenvalue weighted by Gasteiger charge is 2.32. The molecule has 0 atom stereocenters. The highest BCUT2D eigenvalue weighted by molar-refractivity contribution is 6.33. The molecule has 1 N–H and O–H groups in total. The lowest BCUT2D eigenvalue weighted by molar-refractivity contribution is 0.0504. The Kier molecular flexibility index (Phi) is 4.78. The average molecular weight is 340 g/mol. The number of hydrogen-bond acceptors (Lipinski definition) is 3. The maximum Gasteiger partial charge on any atom is 0.253 e. The lowest BCUT2D eigenvalue weighted by Crippen LogP contribution is -2.44. The van der Waals surface area contributed by atoms with Gasteiger partial charge in [0.25, 0.3) is 5.91 Å². The van der Waals surface area contributed by atoms with Gasteiger partial charge in [0, 0.05) is 44.8 Å². The fourth-order valence-corrected chi connectivity index (χ4v) is 3.46. The number of piperazine rings is 1. The molecule has 1 amide bonds. The van der Waals surface area contributed by atoms with Crippen molar-refractivity contribution in [3.05, 3.63) is 28.8 Å². The van der Waals surface area contributed by atoms with Crippen LogP contribution >= 0.6 is 11.6 Å². The number of nitrogens with one attached hydrogen (secondary N) is 1. The Bertz CT molecular complexity index is 577. The van der Waals surface area contributed by atoms with Crippen LogP contribution in [-0.2, 0) is 0 Å². The summed E-state index contributed by atoms with van der Waals surface area (Å²) < 4.78 is 13.9. The van der Waals surface area contributed by atoms with Crippen molar-refractivity contribution in [1.82, 2.24) is 10.2 Å². The maximum absolute atomic E-state index is 13.9. The lowest BCUT2D eigenvalue weighted by Gasteiger charge is -2.34. The second kappa shape index (κ2) is 6.65. The van der Waals surface area contributed by atoms with Crippen molar-refractivity contribution in [2.24, 2.45) is 0 Å². The number of piperidine rings is 1. The summed E-state index contributed by atoms with van der Waals surface area (Å²) in [4.78, 5) is 16.5. The topological polar surface area (TPSA) is 35.6 Å². The molecule has 2 aliphatic heterocycles. The van der Waals surface area contributed by atoms with E-state index in [0.29, 0.717) is 36.5 Å². The molecule has 23 heavy (non-hydrogen) atoms. The van der Waals surface area contributed by atoms with Gasteiger partial charge in [0.1, 0.15) is 5.67 Å². The SMILES string of the molecule is CC1(F)CCN(C(=O)c2ccc(N3CCNCC3)c(Cl)c2)CC1. The number of likely N-dealkylation sites (tertiary alicyclic amines) is 1. The minimum Gasteiger partial charge on any atom is -0.368 e. The number of carbonyl (C=O) groups is 1. The molecule has 1 aromatic carbocycles. The van der Waals surface area contributed by atoms with Crippen LogP contribution in [0.4, 0.5) is 10.1 Å². The molecule has 0 bridgehead atoms. The predicted octanol–water partition coefficient (Wildman–Crippen LogP) is 2.71. The quantitative estimate of drug-likeness (QED) is 0.900. The summed E-state index contributed by atoms with van der Waals surface area (Å²) in [5.74, 6) is -0.0609. The van der Waals surface area contributed by atoms with Gasteiger partial charge in [-0.15, -0.1) is 0 Å². The Morgan fingerprint density at radius 3 is 2.48 bits per heavy atom. The number of nitrogens with zero attached hydrogens (tertiary/aromatic N) is 2. The van der Waals surface area contributed by atoms with E-state index in [0.717, 1.165) is 31.9 Å². The van der Waals surface area contributed by atoms with E-state index in [-0.39, 0.29) is 5.91 Å². The van der Waals surface area contributed by atoms with Crippen LogP contribution in [0.25, 0.3) is 0 Å². The van der Waals surface area contributed by atoms with Gasteiger partial charge in [0.05, 0.1) is 10.7 Å². The first-order valence-corrected chi connectivity index (χ1v) is 8.57. The molecule has 2 aliphatic rings. The van der Waals surface area contributed by atoms with Gasteiger partial charge in [0.15, 0.2) is 0 Å². The van der Waals surface area contributed by atoms with Gasteiger partial charge in [-0.05, 0) is 38.0 Å². The summed E-state index contributed by atoms with van der Waals surface area (Å²) in [7, 11) is 0. The van der Waals surface area contributed by atoms with E-state index in [1.54, 1.807) is 17.9 Å². The first-order chi connectivity index (χ1) is 11.0. The van der Waals surface area contributed by atoms with Gasteiger partial charge in [-0.25, -0.2) is 4.39 Å². The molecule has 2 saturated heterocycles. The zero-order valence-electron chi connectivity index (χ0n) is 13.4. The predicted molar refractivity (Wildman–Crippen MR) is 91.2 cm³/mol. The second-order valence-electron chi connectivity index (χ2n) is 6.61. The Labute approximate surface area is 141 Å². The van der Waals surface area contributed by atoms with Crippen molar-refractivity contribution in [2.75, 3.05) is 44.2 Å². The Morgan fingerprint density at radius 1 is 1.22 bits per heavy atom. The van der Waals surface area contributed by atoms with Crippen molar-refractivity contribution in [1.29, 1.82) is 0 Å². The molecule has 0 aromatic heterocycles. The van der Waals surface area contributed by atoms with E-state index < -0.39 is 5.67 Å². The molecular weight excluding hydrogens is 317 g/mol. The number of rotatable bonds is 2. The van der Waals surface area contributed by atoms with Crippen LogP contribution < -0.4 is 10.2 Å². The molecule has 0 spiro atoms. The molecule has 2 fully saturated rings. The molecular formula is C17H23ClFN3O. The number of carbonyl (C=O) groups excluding carboxylic acids is 1. The fraction of sp³-hybridized carbons (Fsp3) is 0.588. The van der Waals surface area contributed by atoms with Crippen LogP contribution in [0.15, 0.2) is 18.2 Å². The van der Waals surface area contributed by atoms with Gasteiger partial charge in [0.2, 0.25) is 0 Å². The first kappa shape index (κ1) is 16.5. The molecule has 4 nitrogen and oxygen atoms in total. The van der Waals surface area contributed by atoms with Crippen molar-refractivity contribution in [3.63, 3.8) is 0 Å². The minimum absolute atomic E-state index is 0.0609. The molecule has 126 valence electrons. The number of halogens is 2. The third kappa shape index (κ3) is 3.78. The van der Waals surface area contributed by atoms with Crippen molar-refractivity contribution in [3.8, 4) is 0 Å². The van der Waals surface area contributed by atoms with Gasteiger partial charge in [-0.2, -0.15) is 0 Å². The van der Waals surface area contributed by atoms with E-state index in [2.05, 4.69) is 10.2 Å². The molecule has 0 unspecified atom stereocenters. The maximum atomic E-state index is 13.9. The molecule has 0 aliphatic carbocycles.